The lowest BCUT2D eigenvalue weighted by atomic mass is 10.0. The van der Waals surface area contributed by atoms with Crippen molar-refractivity contribution < 1.29 is 9.53 Å². The van der Waals surface area contributed by atoms with Crippen LogP contribution in [0.5, 0.6) is 0 Å². The van der Waals surface area contributed by atoms with Gasteiger partial charge in [-0.1, -0.05) is 12.8 Å². The molecule has 1 N–H and O–H groups in total. The van der Waals surface area contributed by atoms with E-state index in [2.05, 4.69) is 31.2 Å². The first kappa shape index (κ1) is 22.7. The molecule has 2 atom stereocenters. The van der Waals surface area contributed by atoms with Crippen LogP contribution in [0.4, 0.5) is 4.79 Å². The molecule has 0 spiro atoms. The molecule has 160 valence electrons. The summed E-state index contributed by atoms with van der Waals surface area (Å²) in [6.45, 7) is 14.0. The molecule has 0 bridgehead atoms. The summed E-state index contributed by atoms with van der Waals surface area (Å²) < 4.78 is 7.63. The van der Waals surface area contributed by atoms with Gasteiger partial charge in [0.1, 0.15) is 5.60 Å². The van der Waals surface area contributed by atoms with Crippen molar-refractivity contribution >= 4 is 6.09 Å². The zero-order chi connectivity index (χ0) is 20.9. The Labute approximate surface area is 171 Å². The Kier molecular flexibility index (Phi) is 7.93. The van der Waals surface area contributed by atoms with Gasteiger partial charge in [0.2, 0.25) is 0 Å². The molecule has 0 aliphatic carbocycles. The number of hydrogen-bond donors (Lipinski definition) is 1. The van der Waals surface area contributed by atoms with Gasteiger partial charge in [-0.05, 0) is 79.3 Å². The third-order valence-electron chi connectivity index (χ3n) is 5.66. The fraction of sp³-hybridized carbons (Fsp3) is 0.818. The van der Waals surface area contributed by atoms with Gasteiger partial charge < -0.3 is 15.0 Å². The van der Waals surface area contributed by atoms with Gasteiger partial charge in [-0.3, -0.25) is 4.68 Å². The summed E-state index contributed by atoms with van der Waals surface area (Å²) in [5.74, 6) is 0. The number of aromatic nitrogens is 2. The van der Waals surface area contributed by atoms with E-state index < -0.39 is 5.60 Å². The lowest BCUT2D eigenvalue weighted by Crippen LogP contribution is -2.45. The molecule has 1 fully saturated rings. The maximum atomic E-state index is 12.7. The monoisotopic (exact) mass is 392 g/mol. The first-order valence-corrected chi connectivity index (χ1v) is 10.8. The van der Waals surface area contributed by atoms with Crippen LogP contribution >= 0.6 is 0 Å². The number of rotatable bonds is 6. The SMILES string of the molecule is Cc1nn(C)c(C)c1CCNC(C)CC1CCCCCN1C(=O)OC(C)(C)C. The van der Waals surface area contributed by atoms with Crippen molar-refractivity contribution in [2.24, 2.45) is 7.05 Å². The van der Waals surface area contributed by atoms with E-state index in [1.807, 2.05) is 37.4 Å². The highest BCUT2D eigenvalue weighted by Gasteiger charge is 2.30. The highest BCUT2D eigenvalue weighted by molar-refractivity contribution is 5.68. The topological polar surface area (TPSA) is 59.4 Å². The van der Waals surface area contributed by atoms with Crippen LogP contribution in [-0.2, 0) is 18.2 Å². The molecule has 0 aromatic carbocycles. The van der Waals surface area contributed by atoms with Crippen molar-refractivity contribution in [2.75, 3.05) is 13.1 Å². The molecule has 1 aliphatic heterocycles. The largest absolute Gasteiger partial charge is 0.444 e. The molecule has 1 aromatic heterocycles. The van der Waals surface area contributed by atoms with Crippen LogP contribution in [0.25, 0.3) is 0 Å². The molecule has 2 unspecified atom stereocenters. The van der Waals surface area contributed by atoms with Crippen LogP contribution in [0.1, 0.15) is 76.8 Å². The molecule has 2 heterocycles. The van der Waals surface area contributed by atoms with Gasteiger partial charge >= 0.3 is 6.09 Å². The summed E-state index contributed by atoms with van der Waals surface area (Å²) in [5, 5.41) is 8.16. The number of aryl methyl sites for hydroxylation is 2. The minimum atomic E-state index is -0.447. The van der Waals surface area contributed by atoms with Gasteiger partial charge in [-0.15, -0.1) is 0 Å². The summed E-state index contributed by atoms with van der Waals surface area (Å²) in [6, 6.07) is 0.604. The van der Waals surface area contributed by atoms with Crippen molar-refractivity contribution in [1.82, 2.24) is 20.0 Å². The van der Waals surface area contributed by atoms with E-state index in [0.29, 0.717) is 6.04 Å². The molecule has 1 aliphatic rings. The van der Waals surface area contributed by atoms with Crippen molar-refractivity contribution in [2.45, 2.75) is 97.8 Å². The van der Waals surface area contributed by atoms with Crippen LogP contribution in [0.15, 0.2) is 0 Å². The molecule has 1 amide bonds. The van der Waals surface area contributed by atoms with Gasteiger partial charge in [0.15, 0.2) is 0 Å². The molecule has 0 saturated carbocycles. The number of nitrogens with zero attached hydrogens (tertiary/aromatic N) is 3. The minimum absolute atomic E-state index is 0.159. The molecule has 6 heteroatoms. The number of amides is 1. The first-order chi connectivity index (χ1) is 13.1. The zero-order valence-corrected chi connectivity index (χ0v) is 19.0. The molecule has 1 aromatic rings. The quantitative estimate of drug-likeness (QED) is 0.791. The molecular formula is C22H40N4O2. The van der Waals surface area contributed by atoms with Gasteiger partial charge in [-0.25, -0.2) is 4.79 Å². The zero-order valence-electron chi connectivity index (χ0n) is 19.0. The average Bonchev–Trinajstić information content (AvgIpc) is 2.76. The fourth-order valence-electron chi connectivity index (χ4n) is 4.10. The Morgan fingerprint density at radius 1 is 1.29 bits per heavy atom. The van der Waals surface area contributed by atoms with Crippen LogP contribution in [0.3, 0.4) is 0 Å². The number of ether oxygens (including phenoxy) is 1. The Morgan fingerprint density at radius 3 is 2.61 bits per heavy atom. The molecule has 2 rings (SSSR count). The molecule has 0 radical (unpaired) electrons. The molecule has 1 saturated heterocycles. The Bertz CT molecular complexity index is 648. The van der Waals surface area contributed by atoms with E-state index in [0.717, 1.165) is 44.5 Å². The summed E-state index contributed by atoms with van der Waals surface area (Å²) in [4.78, 5) is 14.7. The highest BCUT2D eigenvalue weighted by atomic mass is 16.6. The van der Waals surface area contributed by atoms with Crippen LogP contribution < -0.4 is 5.32 Å². The predicted molar refractivity (Wildman–Crippen MR) is 114 cm³/mol. The molecule has 28 heavy (non-hydrogen) atoms. The maximum Gasteiger partial charge on any atom is 0.410 e. The number of carbonyl (C=O) groups is 1. The number of nitrogens with one attached hydrogen (secondary N) is 1. The number of carbonyl (C=O) groups excluding carboxylic acids is 1. The average molecular weight is 393 g/mol. The highest BCUT2D eigenvalue weighted by Crippen LogP contribution is 2.23. The lowest BCUT2D eigenvalue weighted by Gasteiger charge is -2.33. The smallest absolute Gasteiger partial charge is 0.410 e. The van der Waals surface area contributed by atoms with E-state index in [-0.39, 0.29) is 12.1 Å². The second-order valence-corrected chi connectivity index (χ2v) is 9.29. The van der Waals surface area contributed by atoms with Crippen molar-refractivity contribution in [3.05, 3.63) is 17.0 Å². The van der Waals surface area contributed by atoms with E-state index >= 15 is 0 Å². The van der Waals surface area contributed by atoms with E-state index in [1.165, 1.54) is 24.1 Å². The standard InChI is InChI=1S/C22H40N4O2/c1-16(23-13-12-20-17(2)24-25(7)18(20)3)15-19-11-9-8-10-14-26(19)21(27)28-22(4,5)6/h16,19,23H,8-15H2,1-7H3. The third-order valence-corrected chi connectivity index (χ3v) is 5.66. The summed E-state index contributed by atoms with van der Waals surface area (Å²) in [5.41, 5.74) is 3.25. The normalized spacial score (nSPS) is 19.4. The first-order valence-electron chi connectivity index (χ1n) is 10.8. The van der Waals surface area contributed by atoms with E-state index in [4.69, 9.17) is 4.74 Å². The summed E-state index contributed by atoms with van der Waals surface area (Å²) in [7, 11) is 2.00. The molecular weight excluding hydrogens is 352 g/mol. The van der Waals surface area contributed by atoms with Crippen molar-refractivity contribution in [3.8, 4) is 0 Å². The summed E-state index contributed by atoms with van der Waals surface area (Å²) >= 11 is 0. The number of hydrogen-bond acceptors (Lipinski definition) is 4. The van der Waals surface area contributed by atoms with Crippen molar-refractivity contribution in [1.29, 1.82) is 0 Å². The van der Waals surface area contributed by atoms with Crippen molar-refractivity contribution in [3.63, 3.8) is 0 Å². The van der Waals surface area contributed by atoms with Gasteiger partial charge in [0, 0.05) is 31.4 Å². The van der Waals surface area contributed by atoms with Crippen LogP contribution in [0.2, 0.25) is 0 Å². The fourth-order valence-corrected chi connectivity index (χ4v) is 4.10. The Balaban J connectivity index is 1.90. The van der Waals surface area contributed by atoms with E-state index in [1.54, 1.807) is 0 Å². The maximum absolute atomic E-state index is 12.7. The summed E-state index contributed by atoms with van der Waals surface area (Å²) in [6.07, 6.45) is 6.29. The van der Waals surface area contributed by atoms with Crippen LogP contribution in [-0.4, -0.2) is 51.5 Å². The Hall–Kier alpha value is -1.56. The minimum Gasteiger partial charge on any atom is -0.444 e. The second-order valence-electron chi connectivity index (χ2n) is 9.29. The lowest BCUT2D eigenvalue weighted by molar-refractivity contribution is 0.0150. The van der Waals surface area contributed by atoms with Gasteiger partial charge in [0.25, 0.3) is 0 Å². The Morgan fingerprint density at radius 2 is 2.00 bits per heavy atom. The van der Waals surface area contributed by atoms with Gasteiger partial charge in [0.05, 0.1) is 5.69 Å². The van der Waals surface area contributed by atoms with Gasteiger partial charge in [-0.2, -0.15) is 5.10 Å². The number of likely N-dealkylation sites (tertiary alicyclic amines) is 1. The van der Waals surface area contributed by atoms with Crippen LogP contribution in [0, 0.1) is 13.8 Å². The van der Waals surface area contributed by atoms with E-state index in [9.17, 15) is 4.79 Å². The third kappa shape index (κ3) is 6.50. The second kappa shape index (κ2) is 9.77. The predicted octanol–water partition coefficient (Wildman–Crippen LogP) is 4.13. The molecule has 6 nitrogen and oxygen atoms in total.